The van der Waals surface area contributed by atoms with Gasteiger partial charge in [0.25, 0.3) is 0 Å². The van der Waals surface area contributed by atoms with E-state index in [1.807, 2.05) is 0 Å². The molecular weight excluding hydrogens is 202 g/mol. The lowest BCUT2D eigenvalue weighted by Gasteiger charge is -2.28. The van der Waals surface area contributed by atoms with Crippen LogP contribution in [0, 0.1) is 17.8 Å². The highest BCUT2D eigenvalue weighted by atomic mass is 16.2. The molecule has 3 heteroatoms. The number of hydrogen-bond donors (Lipinski definition) is 1. The molecule has 4 atom stereocenters. The standard InChI is InChI=1S/C13H21NO2/c1-8(15)5-13(16)14-9(2)12-7-10-3-4-11(12)6-10/h9-12H,3-7H2,1-2H3,(H,14,16). The number of rotatable bonds is 4. The van der Waals surface area contributed by atoms with E-state index in [1.165, 1.54) is 32.6 Å². The molecule has 2 aliphatic rings. The van der Waals surface area contributed by atoms with Crippen molar-refractivity contribution >= 4 is 11.7 Å². The second-order valence-corrected chi connectivity index (χ2v) is 5.57. The van der Waals surface area contributed by atoms with E-state index in [-0.39, 0.29) is 24.2 Å². The zero-order chi connectivity index (χ0) is 11.7. The smallest absolute Gasteiger partial charge is 0.227 e. The lowest BCUT2D eigenvalue weighted by atomic mass is 9.84. The molecule has 0 aliphatic heterocycles. The van der Waals surface area contributed by atoms with Crippen molar-refractivity contribution in [1.82, 2.24) is 5.32 Å². The van der Waals surface area contributed by atoms with Crippen molar-refractivity contribution < 1.29 is 9.59 Å². The van der Waals surface area contributed by atoms with Crippen LogP contribution in [-0.4, -0.2) is 17.7 Å². The maximum atomic E-state index is 11.5. The molecule has 0 aromatic rings. The zero-order valence-electron chi connectivity index (χ0n) is 10.2. The van der Waals surface area contributed by atoms with Gasteiger partial charge in [-0.1, -0.05) is 6.42 Å². The quantitative estimate of drug-likeness (QED) is 0.740. The van der Waals surface area contributed by atoms with Crippen LogP contribution in [0.15, 0.2) is 0 Å². The Kier molecular flexibility index (Phi) is 3.31. The van der Waals surface area contributed by atoms with Gasteiger partial charge in [-0.25, -0.2) is 0 Å². The van der Waals surface area contributed by atoms with E-state index in [9.17, 15) is 9.59 Å². The first-order chi connectivity index (χ1) is 7.56. The van der Waals surface area contributed by atoms with Gasteiger partial charge in [-0.05, 0) is 50.9 Å². The minimum absolute atomic E-state index is 0.0329. The first kappa shape index (κ1) is 11.6. The van der Waals surface area contributed by atoms with Gasteiger partial charge in [0, 0.05) is 6.04 Å². The Bertz CT molecular complexity index is 300. The van der Waals surface area contributed by atoms with E-state index in [4.69, 9.17) is 0 Å². The number of ketones is 1. The molecule has 0 saturated heterocycles. The maximum Gasteiger partial charge on any atom is 0.227 e. The van der Waals surface area contributed by atoms with Gasteiger partial charge in [-0.3, -0.25) is 9.59 Å². The van der Waals surface area contributed by atoms with Crippen LogP contribution in [0.5, 0.6) is 0 Å². The normalized spacial score (nSPS) is 33.8. The Morgan fingerprint density at radius 3 is 2.56 bits per heavy atom. The van der Waals surface area contributed by atoms with Gasteiger partial charge in [0.1, 0.15) is 5.78 Å². The lowest BCUT2D eigenvalue weighted by Crippen LogP contribution is -2.40. The summed E-state index contributed by atoms with van der Waals surface area (Å²) in [5.41, 5.74) is 0. The van der Waals surface area contributed by atoms with Crippen LogP contribution in [-0.2, 0) is 9.59 Å². The van der Waals surface area contributed by atoms with Gasteiger partial charge < -0.3 is 5.32 Å². The van der Waals surface area contributed by atoms with Crippen LogP contribution in [0.4, 0.5) is 0 Å². The van der Waals surface area contributed by atoms with Crippen molar-refractivity contribution in [3.05, 3.63) is 0 Å². The molecule has 2 bridgehead atoms. The average molecular weight is 223 g/mol. The summed E-state index contributed by atoms with van der Waals surface area (Å²) >= 11 is 0. The van der Waals surface area contributed by atoms with Gasteiger partial charge >= 0.3 is 0 Å². The third kappa shape index (κ3) is 2.45. The summed E-state index contributed by atoms with van der Waals surface area (Å²) in [6.07, 6.45) is 5.38. The van der Waals surface area contributed by atoms with Crippen LogP contribution in [0.25, 0.3) is 0 Å². The van der Waals surface area contributed by atoms with Crippen LogP contribution in [0.2, 0.25) is 0 Å². The van der Waals surface area contributed by atoms with E-state index in [0.29, 0.717) is 5.92 Å². The minimum atomic E-state index is -0.109. The third-order valence-electron chi connectivity index (χ3n) is 4.23. The van der Waals surface area contributed by atoms with Gasteiger partial charge in [-0.15, -0.1) is 0 Å². The molecule has 1 N–H and O–H groups in total. The Morgan fingerprint density at radius 2 is 2.06 bits per heavy atom. The molecule has 0 aromatic carbocycles. The molecule has 0 spiro atoms. The molecule has 2 aliphatic carbocycles. The van der Waals surface area contributed by atoms with E-state index in [1.54, 1.807) is 0 Å². The molecule has 4 unspecified atom stereocenters. The Hall–Kier alpha value is -0.860. The highest BCUT2D eigenvalue weighted by Gasteiger charge is 2.42. The van der Waals surface area contributed by atoms with Crippen LogP contribution in [0.3, 0.4) is 0 Å². The molecule has 90 valence electrons. The predicted octanol–water partition coefficient (Wildman–Crippen LogP) is 1.91. The van der Waals surface area contributed by atoms with Gasteiger partial charge in [0.15, 0.2) is 0 Å². The summed E-state index contributed by atoms with van der Waals surface area (Å²) in [6.45, 7) is 3.55. The molecule has 1 amide bonds. The van der Waals surface area contributed by atoms with Gasteiger partial charge in [0.05, 0.1) is 6.42 Å². The monoisotopic (exact) mass is 223 g/mol. The minimum Gasteiger partial charge on any atom is -0.353 e. The van der Waals surface area contributed by atoms with Crippen LogP contribution >= 0.6 is 0 Å². The fourth-order valence-electron chi connectivity index (χ4n) is 3.54. The van der Waals surface area contributed by atoms with E-state index in [0.717, 1.165) is 11.8 Å². The number of carbonyl (C=O) groups is 2. The molecule has 2 saturated carbocycles. The zero-order valence-corrected chi connectivity index (χ0v) is 10.2. The SMILES string of the molecule is CC(=O)CC(=O)NC(C)C1CC2CCC1C2. The fourth-order valence-corrected chi connectivity index (χ4v) is 3.54. The second kappa shape index (κ2) is 4.56. The summed E-state index contributed by atoms with van der Waals surface area (Å²) in [5.74, 6) is 2.20. The molecule has 2 fully saturated rings. The highest BCUT2D eigenvalue weighted by molar-refractivity contribution is 5.96. The second-order valence-electron chi connectivity index (χ2n) is 5.57. The maximum absolute atomic E-state index is 11.5. The Morgan fingerprint density at radius 1 is 1.31 bits per heavy atom. The van der Waals surface area contributed by atoms with E-state index >= 15 is 0 Å². The number of fused-ring (bicyclic) bond motifs is 2. The first-order valence-corrected chi connectivity index (χ1v) is 6.35. The van der Waals surface area contributed by atoms with Gasteiger partial charge in [0.2, 0.25) is 5.91 Å². The molecule has 16 heavy (non-hydrogen) atoms. The summed E-state index contributed by atoms with van der Waals surface area (Å²) in [4.78, 5) is 22.3. The van der Waals surface area contributed by atoms with Crippen molar-refractivity contribution in [3.8, 4) is 0 Å². The number of nitrogens with one attached hydrogen (secondary N) is 1. The molecule has 0 aromatic heterocycles. The fraction of sp³-hybridized carbons (Fsp3) is 0.846. The highest BCUT2D eigenvalue weighted by Crippen LogP contribution is 2.49. The van der Waals surface area contributed by atoms with Crippen molar-refractivity contribution in [1.29, 1.82) is 0 Å². The number of Topliss-reactive ketones (excluding diaryl/α,β-unsaturated/α-hetero) is 1. The Labute approximate surface area is 97.0 Å². The van der Waals surface area contributed by atoms with Crippen molar-refractivity contribution in [2.45, 2.75) is 52.0 Å². The average Bonchev–Trinajstić information content (AvgIpc) is 2.76. The van der Waals surface area contributed by atoms with E-state index in [2.05, 4.69) is 12.2 Å². The largest absolute Gasteiger partial charge is 0.353 e. The molecule has 2 rings (SSSR count). The predicted molar refractivity (Wildman–Crippen MR) is 61.8 cm³/mol. The van der Waals surface area contributed by atoms with E-state index < -0.39 is 0 Å². The van der Waals surface area contributed by atoms with Crippen LogP contribution < -0.4 is 5.32 Å². The topological polar surface area (TPSA) is 46.2 Å². The molecule has 0 heterocycles. The summed E-state index contributed by atoms with van der Waals surface area (Å²) < 4.78 is 0. The molecule has 3 nitrogen and oxygen atoms in total. The molecular formula is C13H21NO2. The first-order valence-electron chi connectivity index (χ1n) is 6.35. The van der Waals surface area contributed by atoms with Gasteiger partial charge in [-0.2, -0.15) is 0 Å². The third-order valence-corrected chi connectivity index (χ3v) is 4.23. The molecule has 0 radical (unpaired) electrons. The van der Waals surface area contributed by atoms with Crippen LogP contribution in [0.1, 0.15) is 46.0 Å². The number of carbonyl (C=O) groups excluding carboxylic acids is 2. The van der Waals surface area contributed by atoms with Crippen molar-refractivity contribution in [2.24, 2.45) is 17.8 Å². The number of hydrogen-bond acceptors (Lipinski definition) is 2. The summed E-state index contributed by atoms with van der Waals surface area (Å²) in [5, 5.41) is 2.98. The summed E-state index contributed by atoms with van der Waals surface area (Å²) in [6, 6.07) is 0.238. The van der Waals surface area contributed by atoms with Crippen molar-refractivity contribution in [2.75, 3.05) is 0 Å². The Balaban J connectivity index is 1.82. The number of amides is 1. The lowest BCUT2D eigenvalue weighted by molar-refractivity contribution is -0.127. The summed E-state index contributed by atoms with van der Waals surface area (Å²) in [7, 11) is 0. The van der Waals surface area contributed by atoms with Crippen molar-refractivity contribution in [3.63, 3.8) is 0 Å².